The van der Waals surface area contributed by atoms with Crippen molar-refractivity contribution in [3.05, 3.63) is 92.8 Å². The Kier molecular flexibility index (Phi) is 5.63. The molecule has 8 heteroatoms. The molecule has 0 bridgehead atoms. The first kappa shape index (κ1) is 21.7. The molecule has 1 aromatic heterocycles. The van der Waals surface area contributed by atoms with Gasteiger partial charge in [-0.3, -0.25) is 9.59 Å². The molecule has 3 aromatic rings. The summed E-state index contributed by atoms with van der Waals surface area (Å²) in [6, 6.07) is 16.3. The van der Waals surface area contributed by atoms with E-state index >= 15 is 0 Å². The number of pyridine rings is 1. The predicted molar refractivity (Wildman–Crippen MR) is 124 cm³/mol. The summed E-state index contributed by atoms with van der Waals surface area (Å²) in [7, 11) is 1.50. The molecule has 4 N–H and O–H groups in total. The van der Waals surface area contributed by atoms with Crippen molar-refractivity contribution in [2.75, 3.05) is 12.4 Å². The molecule has 2 aromatic carbocycles. The number of hydrogen-bond donors (Lipinski definition) is 3. The van der Waals surface area contributed by atoms with E-state index in [9.17, 15) is 14.9 Å². The first-order valence-corrected chi connectivity index (χ1v) is 10.2. The van der Waals surface area contributed by atoms with Crippen molar-refractivity contribution in [3.8, 4) is 11.8 Å². The number of nitriles is 1. The average Bonchev–Trinajstić information content (AvgIpc) is 2.78. The summed E-state index contributed by atoms with van der Waals surface area (Å²) < 4.78 is 10.8. The predicted octanol–water partition coefficient (Wildman–Crippen LogP) is 3.57. The number of carbonyl (C=O) groups excluding carboxylic acids is 1. The summed E-state index contributed by atoms with van der Waals surface area (Å²) in [6.07, 6.45) is 0. The highest BCUT2D eigenvalue weighted by Crippen LogP contribution is 2.39. The number of nitrogens with two attached hydrogens (primary N) is 1. The fourth-order valence-corrected chi connectivity index (χ4v) is 3.97. The summed E-state index contributed by atoms with van der Waals surface area (Å²) in [5.74, 6) is -1.02. The van der Waals surface area contributed by atoms with Crippen molar-refractivity contribution >= 4 is 22.5 Å². The molecule has 0 spiro atoms. The molecule has 0 radical (unpaired) electrons. The molecule has 0 saturated carbocycles. The number of aromatic nitrogens is 1. The van der Waals surface area contributed by atoms with E-state index < -0.39 is 17.4 Å². The van der Waals surface area contributed by atoms with Crippen LogP contribution in [0.3, 0.4) is 0 Å². The Hall–Kier alpha value is -4.51. The molecule has 166 valence electrons. The molecule has 0 saturated heterocycles. The zero-order chi connectivity index (χ0) is 23.7. The molecule has 1 aliphatic heterocycles. The normalized spacial score (nSPS) is 15.8. The Balaban J connectivity index is 1.87. The fraction of sp³-hybridized carbons (Fsp3) is 0.160. The third kappa shape index (κ3) is 3.92. The second kappa shape index (κ2) is 8.55. The van der Waals surface area contributed by atoms with Gasteiger partial charge in [0.2, 0.25) is 5.88 Å². The molecule has 0 aliphatic carbocycles. The van der Waals surface area contributed by atoms with Crippen molar-refractivity contribution in [2.24, 2.45) is 5.73 Å². The molecule has 4 rings (SSSR count). The van der Waals surface area contributed by atoms with Gasteiger partial charge in [-0.2, -0.15) is 5.26 Å². The molecule has 33 heavy (non-hydrogen) atoms. The number of aromatic amines is 1. The molecule has 0 unspecified atom stereocenters. The van der Waals surface area contributed by atoms with Crippen LogP contribution in [0.2, 0.25) is 0 Å². The lowest BCUT2D eigenvalue weighted by Gasteiger charge is -2.27. The number of ether oxygens (including phenoxy) is 2. The first-order chi connectivity index (χ1) is 15.8. The quantitative estimate of drug-likeness (QED) is 0.566. The molecular formula is C25H22N4O4. The number of allylic oxidation sites excluding steroid dienone is 2. The van der Waals surface area contributed by atoms with Gasteiger partial charge in [0, 0.05) is 11.1 Å². The van der Waals surface area contributed by atoms with Gasteiger partial charge in [-0.1, -0.05) is 24.3 Å². The lowest BCUT2D eigenvalue weighted by molar-refractivity contribution is -0.113. The minimum atomic E-state index is -1.01. The fourth-order valence-electron chi connectivity index (χ4n) is 3.97. The molecule has 8 nitrogen and oxygen atoms in total. The molecular weight excluding hydrogens is 420 g/mol. The van der Waals surface area contributed by atoms with Gasteiger partial charge in [-0.25, -0.2) is 0 Å². The summed E-state index contributed by atoms with van der Waals surface area (Å²) in [6.45, 7) is 3.50. The highest BCUT2D eigenvalue weighted by atomic mass is 16.5. The monoisotopic (exact) mass is 442 g/mol. The Morgan fingerprint density at radius 1 is 1.21 bits per heavy atom. The van der Waals surface area contributed by atoms with Crippen molar-refractivity contribution < 1.29 is 14.3 Å². The summed E-state index contributed by atoms with van der Waals surface area (Å²) in [5.41, 5.74) is 7.98. The number of rotatable bonds is 4. The van der Waals surface area contributed by atoms with Crippen LogP contribution in [0.15, 0.2) is 76.1 Å². The van der Waals surface area contributed by atoms with Gasteiger partial charge in [-0.05, 0) is 49.1 Å². The number of aryl methyl sites for hydroxylation is 1. The summed E-state index contributed by atoms with van der Waals surface area (Å²) in [5, 5.41) is 13.4. The number of benzene rings is 2. The number of H-pyrrole nitrogens is 1. The average molecular weight is 442 g/mol. The Bertz CT molecular complexity index is 1440. The molecule has 2 heterocycles. The number of nitrogens with one attached hydrogen (secondary N) is 2. The Labute approximate surface area is 189 Å². The Morgan fingerprint density at radius 2 is 1.97 bits per heavy atom. The van der Waals surface area contributed by atoms with Crippen LogP contribution >= 0.6 is 0 Å². The number of fused-ring (bicyclic) bond motifs is 1. The molecule has 1 amide bonds. The van der Waals surface area contributed by atoms with E-state index in [1.165, 1.54) is 7.11 Å². The van der Waals surface area contributed by atoms with Crippen molar-refractivity contribution in [3.63, 3.8) is 0 Å². The number of carbonyl (C=O) groups is 1. The van der Waals surface area contributed by atoms with Crippen LogP contribution in [-0.4, -0.2) is 18.0 Å². The van der Waals surface area contributed by atoms with E-state index in [1.807, 2.05) is 31.2 Å². The van der Waals surface area contributed by atoms with Crippen LogP contribution in [0.25, 0.3) is 10.9 Å². The van der Waals surface area contributed by atoms with Crippen molar-refractivity contribution in [1.82, 2.24) is 4.98 Å². The maximum Gasteiger partial charge on any atom is 0.256 e. The third-order valence-electron chi connectivity index (χ3n) is 5.55. The van der Waals surface area contributed by atoms with Gasteiger partial charge in [0.05, 0.1) is 24.3 Å². The number of hydrogen-bond acceptors (Lipinski definition) is 6. The Morgan fingerprint density at radius 3 is 2.70 bits per heavy atom. The van der Waals surface area contributed by atoms with Gasteiger partial charge in [0.15, 0.2) is 0 Å². The van der Waals surface area contributed by atoms with Crippen LogP contribution in [0.1, 0.15) is 24.0 Å². The number of methoxy groups -OCH3 is 1. The molecule has 0 fully saturated rings. The smallest absolute Gasteiger partial charge is 0.256 e. The van der Waals surface area contributed by atoms with Gasteiger partial charge in [0.1, 0.15) is 23.2 Å². The van der Waals surface area contributed by atoms with Gasteiger partial charge >= 0.3 is 0 Å². The minimum absolute atomic E-state index is 0.0114. The van der Waals surface area contributed by atoms with Gasteiger partial charge in [0.25, 0.3) is 11.5 Å². The largest absolute Gasteiger partial charge is 0.495 e. The van der Waals surface area contributed by atoms with Crippen LogP contribution in [0, 0.1) is 18.3 Å². The van der Waals surface area contributed by atoms with Gasteiger partial charge in [-0.15, -0.1) is 0 Å². The van der Waals surface area contributed by atoms with E-state index in [0.29, 0.717) is 17.0 Å². The second-order valence-corrected chi connectivity index (χ2v) is 7.69. The summed E-state index contributed by atoms with van der Waals surface area (Å²) in [4.78, 5) is 29.4. The standard InChI is InChI=1S/C25H22N4O4/c1-13-8-9-15-11-16(24(30)29-19(15)10-13)22-17(12-26)23(27)33-14(2)21(22)25(31)28-18-6-4-5-7-20(18)32-3/h4-11,22H,27H2,1-3H3,(H,28,31)(H,29,30)/t22-/m1/s1. The van der Waals surface area contributed by atoms with E-state index in [2.05, 4.69) is 10.3 Å². The minimum Gasteiger partial charge on any atom is -0.495 e. The van der Waals surface area contributed by atoms with Crippen LogP contribution in [-0.2, 0) is 9.53 Å². The third-order valence-corrected chi connectivity index (χ3v) is 5.55. The van der Waals surface area contributed by atoms with E-state index in [1.54, 1.807) is 37.3 Å². The van der Waals surface area contributed by atoms with Crippen molar-refractivity contribution in [2.45, 2.75) is 19.8 Å². The lowest BCUT2D eigenvalue weighted by Crippen LogP contribution is -2.31. The molecule has 1 aliphatic rings. The lowest BCUT2D eigenvalue weighted by atomic mass is 9.82. The number of nitrogens with zero attached hydrogens (tertiary/aromatic N) is 1. The topological polar surface area (TPSA) is 130 Å². The van der Waals surface area contributed by atoms with Crippen LogP contribution in [0.5, 0.6) is 5.75 Å². The van der Waals surface area contributed by atoms with E-state index in [0.717, 1.165) is 10.9 Å². The summed E-state index contributed by atoms with van der Waals surface area (Å²) >= 11 is 0. The number of para-hydroxylation sites is 2. The zero-order valence-corrected chi connectivity index (χ0v) is 18.4. The van der Waals surface area contributed by atoms with Crippen LogP contribution < -0.4 is 21.3 Å². The van der Waals surface area contributed by atoms with E-state index in [4.69, 9.17) is 15.2 Å². The van der Waals surface area contributed by atoms with E-state index in [-0.39, 0.29) is 28.4 Å². The maximum atomic E-state index is 13.4. The highest BCUT2D eigenvalue weighted by molar-refractivity contribution is 6.06. The molecule has 1 atom stereocenters. The maximum absolute atomic E-state index is 13.4. The van der Waals surface area contributed by atoms with Crippen molar-refractivity contribution in [1.29, 1.82) is 5.26 Å². The number of anilines is 1. The van der Waals surface area contributed by atoms with Gasteiger partial charge < -0.3 is 25.5 Å². The number of amides is 1. The zero-order valence-electron chi connectivity index (χ0n) is 18.4. The highest BCUT2D eigenvalue weighted by Gasteiger charge is 2.37. The first-order valence-electron chi connectivity index (χ1n) is 10.2. The SMILES string of the molecule is COc1ccccc1NC(=O)C1=C(C)OC(N)=C(C#N)[C@H]1c1cc2ccc(C)cc2[nH]c1=O. The second-order valence-electron chi connectivity index (χ2n) is 7.69. The van der Waals surface area contributed by atoms with Crippen LogP contribution in [0.4, 0.5) is 5.69 Å².